The summed E-state index contributed by atoms with van der Waals surface area (Å²) in [5.74, 6) is 0.350. The van der Waals surface area contributed by atoms with E-state index < -0.39 is 0 Å². The lowest BCUT2D eigenvalue weighted by molar-refractivity contribution is 0.406. The zero-order valence-electron chi connectivity index (χ0n) is 9.81. The van der Waals surface area contributed by atoms with Gasteiger partial charge in [-0.2, -0.15) is 0 Å². The molecule has 0 radical (unpaired) electrons. The Labute approximate surface area is 105 Å². The lowest BCUT2D eigenvalue weighted by Crippen LogP contribution is -2.34. The molecule has 0 atom stereocenters. The van der Waals surface area contributed by atoms with Crippen molar-refractivity contribution in [3.05, 3.63) is 27.2 Å². The predicted molar refractivity (Wildman–Crippen MR) is 69.6 cm³/mol. The molecule has 3 N–H and O–H groups in total. The Morgan fingerprint density at radius 3 is 2.44 bits per heavy atom. The first kappa shape index (κ1) is 11.9. The first-order valence-corrected chi connectivity index (χ1v) is 6.53. The monoisotopic (exact) mass is 283 g/mol. The molecule has 1 aromatic carbocycles. The number of aromatic hydroxyl groups is 1. The topological polar surface area (TPSA) is 46.2 Å². The maximum Gasteiger partial charge on any atom is 0.121 e. The van der Waals surface area contributed by atoms with Gasteiger partial charge in [-0.1, -0.05) is 28.8 Å². The van der Waals surface area contributed by atoms with Crippen molar-refractivity contribution in [2.24, 2.45) is 5.73 Å². The van der Waals surface area contributed by atoms with Crippen molar-refractivity contribution < 1.29 is 5.11 Å². The van der Waals surface area contributed by atoms with Crippen LogP contribution in [0.4, 0.5) is 0 Å². The molecular formula is C13H18BrNO. The molecule has 0 amide bonds. The van der Waals surface area contributed by atoms with Crippen molar-refractivity contribution in [1.82, 2.24) is 0 Å². The third-order valence-corrected chi connectivity index (χ3v) is 4.87. The Hall–Kier alpha value is -0.540. The standard InChI is InChI=1S/C13H18BrNO/c1-8-7-10(16)11(9(2)12(8)14)13(15)5-3-4-6-13/h7,16H,3-6,15H2,1-2H3. The summed E-state index contributed by atoms with van der Waals surface area (Å²) in [5, 5.41) is 10.1. The van der Waals surface area contributed by atoms with Crippen molar-refractivity contribution in [2.45, 2.75) is 45.1 Å². The molecule has 0 bridgehead atoms. The SMILES string of the molecule is Cc1cc(O)c(C2(N)CCCC2)c(C)c1Br. The highest BCUT2D eigenvalue weighted by molar-refractivity contribution is 9.10. The van der Waals surface area contributed by atoms with Gasteiger partial charge in [-0.25, -0.2) is 0 Å². The van der Waals surface area contributed by atoms with Crippen molar-refractivity contribution in [1.29, 1.82) is 0 Å². The van der Waals surface area contributed by atoms with E-state index in [0.29, 0.717) is 5.75 Å². The lowest BCUT2D eigenvalue weighted by atomic mass is 9.85. The summed E-state index contributed by atoms with van der Waals surface area (Å²) >= 11 is 3.57. The molecule has 1 aliphatic carbocycles. The van der Waals surface area contributed by atoms with E-state index in [0.717, 1.165) is 46.8 Å². The van der Waals surface area contributed by atoms with Crippen molar-refractivity contribution in [2.75, 3.05) is 0 Å². The summed E-state index contributed by atoms with van der Waals surface area (Å²) in [7, 11) is 0. The Bertz CT molecular complexity index is 422. The number of aryl methyl sites for hydroxylation is 1. The number of hydrogen-bond acceptors (Lipinski definition) is 2. The largest absolute Gasteiger partial charge is 0.508 e. The molecule has 0 aromatic heterocycles. The Kier molecular flexibility index (Phi) is 3.01. The van der Waals surface area contributed by atoms with Gasteiger partial charge >= 0.3 is 0 Å². The molecule has 1 aliphatic rings. The average molecular weight is 284 g/mol. The van der Waals surface area contributed by atoms with Gasteiger partial charge in [0.25, 0.3) is 0 Å². The fourth-order valence-electron chi connectivity index (χ4n) is 2.82. The van der Waals surface area contributed by atoms with Crippen LogP contribution in [0.1, 0.15) is 42.4 Å². The molecule has 0 unspecified atom stereocenters. The summed E-state index contributed by atoms with van der Waals surface area (Å²) in [6.45, 7) is 4.01. The number of nitrogens with two attached hydrogens (primary N) is 1. The van der Waals surface area contributed by atoms with Gasteiger partial charge in [0.1, 0.15) is 5.75 Å². The summed E-state index contributed by atoms with van der Waals surface area (Å²) < 4.78 is 1.07. The smallest absolute Gasteiger partial charge is 0.121 e. The highest BCUT2D eigenvalue weighted by atomic mass is 79.9. The number of phenolic OH excluding ortho intramolecular Hbond substituents is 1. The third kappa shape index (κ3) is 1.76. The van der Waals surface area contributed by atoms with Gasteiger partial charge in [0.05, 0.1) is 0 Å². The van der Waals surface area contributed by atoms with E-state index in [1.165, 1.54) is 0 Å². The normalized spacial score (nSPS) is 19.0. The molecule has 1 aromatic rings. The molecule has 3 heteroatoms. The van der Waals surface area contributed by atoms with Gasteiger partial charge < -0.3 is 10.8 Å². The van der Waals surface area contributed by atoms with Crippen LogP contribution >= 0.6 is 15.9 Å². The summed E-state index contributed by atoms with van der Waals surface area (Å²) in [6, 6.07) is 1.80. The quantitative estimate of drug-likeness (QED) is 0.829. The second-order valence-corrected chi connectivity index (χ2v) is 5.68. The van der Waals surface area contributed by atoms with E-state index in [9.17, 15) is 5.11 Å². The first-order chi connectivity index (χ1) is 7.46. The number of benzene rings is 1. The second kappa shape index (κ2) is 4.04. The average Bonchev–Trinajstić information content (AvgIpc) is 2.62. The van der Waals surface area contributed by atoms with Gasteiger partial charge in [0.15, 0.2) is 0 Å². The zero-order valence-corrected chi connectivity index (χ0v) is 11.4. The number of rotatable bonds is 1. The Morgan fingerprint density at radius 2 is 1.88 bits per heavy atom. The fraction of sp³-hybridized carbons (Fsp3) is 0.538. The molecule has 16 heavy (non-hydrogen) atoms. The van der Waals surface area contributed by atoms with Crippen LogP contribution in [0.15, 0.2) is 10.5 Å². The predicted octanol–water partition coefficient (Wildman–Crippen LogP) is 3.50. The van der Waals surface area contributed by atoms with Crippen LogP contribution in [0.25, 0.3) is 0 Å². The third-order valence-electron chi connectivity index (χ3n) is 3.65. The minimum atomic E-state index is -0.329. The summed E-state index contributed by atoms with van der Waals surface area (Å²) in [4.78, 5) is 0. The minimum absolute atomic E-state index is 0.329. The minimum Gasteiger partial charge on any atom is -0.508 e. The van der Waals surface area contributed by atoms with Crippen LogP contribution in [0.3, 0.4) is 0 Å². The van der Waals surface area contributed by atoms with E-state index in [1.807, 2.05) is 13.8 Å². The van der Waals surface area contributed by atoms with Crippen LogP contribution in [0.5, 0.6) is 5.75 Å². The Morgan fingerprint density at radius 1 is 1.31 bits per heavy atom. The zero-order chi connectivity index (χ0) is 11.9. The molecule has 2 nitrogen and oxygen atoms in total. The fourth-order valence-corrected chi connectivity index (χ4v) is 3.14. The highest BCUT2D eigenvalue weighted by Gasteiger charge is 2.35. The van der Waals surface area contributed by atoms with Gasteiger partial charge in [0, 0.05) is 15.6 Å². The van der Waals surface area contributed by atoms with Crippen LogP contribution in [-0.4, -0.2) is 5.11 Å². The maximum absolute atomic E-state index is 10.1. The molecule has 0 saturated heterocycles. The van der Waals surface area contributed by atoms with Gasteiger partial charge in [0.2, 0.25) is 0 Å². The molecule has 0 heterocycles. The van der Waals surface area contributed by atoms with Crippen LogP contribution in [-0.2, 0) is 5.54 Å². The van der Waals surface area contributed by atoms with Crippen LogP contribution in [0, 0.1) is 13.8 Å². The highest BCUT2D eigenvalue weighted by Crippen LogP contribution is 2.44. The maximum atomic E-state index is 10.1. The van der Waals surface area contributed by atoms with Crippen LogP contribution < -0.4 is 5.73 Å². The van der Waals surface area contributed by atoms with Crippen molar-refractivity contribution in [3.63, 3.8) is 0 Å². The van der Waals surface area contributed by atoms with E-state index >= 15 is 0 Å². The van der Waals surface area contributed by atoms with E-state index in [-0.39, 0.29) is 5.54 Å². The first-order valence-electron chi connectivity index (χ1n) is 5.74. The second-order valence-electron chi connectivity index (χ2n) is 4.89. The Balaban J connectivity index is 2.60. The van der Waals surface area contributed by atoms with Crippen molar-refractivity contribution >= 4 is 15.9 Å². The lowest BCUT2D eigenvalue weighted by Gasteiger charge is -2.28. The van der Waals surface area contributed by atoms with E-state index in [1.54, 1.807) is 6.07 Å². The molecule has 1 fully saturated rings. The van der Waals surface area contributed by atoms with Gasteiger partial charge in [-0.05, 0) is 43.9 Å². The molecule has 88 valence electrons. The van der Waals surface area contributed by atoms with E-state index in [4.69, 9.17) is 5.73 Å². The van der Waals surface area contributed by atoms with E-state index in [2.05, 4.69) is 15.9 Å². The van der Waals surface area contributed by atoms with Crippen molar-refractivity contribution in [3.8, 4) is 5.75 Å². The molecule has 0 aliphatic heterocycles. The van der Waals surface area contributed by atoms with Gasteiger partial charge in [-0.15, -0.1) is 0 Å². The summed E-state index contributed by atoms with van der Waals surface area (Å²) in [6.07, 6.45) is 4.25. The molecular weight excluding hydrogens is 266 g/mol. The van der Waals surface area contributed by atoms with Crippen LogP contribution in [0.2, 0.25) is 0 Å². The molecule has 2 rings (SSSR count). The number of hydrogen-bond donors (Lipinski definition) is 2. The van der Waals surface area contributed by atoms with Gasteiger partial charge in [-0.3, -0.25) is 0 Å². The molecule has 0 spiro atoms. The number of halogens is 1. The number of phenols is 1. The summed E-state index contributed by atoms with van der Waals surface area (Å²) in [5.41, 5.74) is 9.17. The molecule has 1 saturated carbocycles.